The second-order valence-electron chi connectivity index (χ2n) is 4.95. The summed E-state index contributed by atoms with van der Waals surface area (Å²) in [6.07, 6.45) is 2.37. The predicted octanol–water partition coefficient (Wildman–Crippen LogP) is 0.775. The third-order valence-electron chi connectivity index (χ3n) is 3.50. The predicted molar refractivity (Wildman–Crippen MR) is 83.0 cm³/mol. The molecule has 1 aliphatic heterocycles. The van der Waals surface area contributed by atoms with E-state index >= 15 is 0 Å². The van der Waals surface area contributed by atoms with Crippen molar-refractivity contribution in [2.24, 2.45) is 0 Å². The molecule has 1 aromatic carbocycles. The average molecular weight is 313 g/mol. The van der Waals surface area contributed by atoms with E-state index in [4.69, 9.17) is 4.74 Å². The standard InChI is InChI=1S/C14H23N3O3S/c1-15-21(18,19)14-5-3-2-4-13(14)17-10-11-20-12-6-8-16-9-7-12/h2-5,12,15-17H,6-11H2,1H3. The molecule has 6 nitrogen and oxygen atoms in total. The van der Waals surface area contributed by atoms with Gasteiger partial charge in [0.1, 0.15) is 4.90 Å². The molecular formula is C14H23N3O3S. The fourth-order valence-electron chi connectivity index (χ4n) is 2.33. The molecule has 0 radical (unpaired) electrons. The maximum atomic E-state index is 11.9. The summed E-state index contributed by atoms with van der Waals surface area (Å²) < 4.78 is 31.9. The lowest BCUT2D eigenvalue weighted by Crippen LogP contribution is -2.33. The van der Waals surface area contributed by atoms with Gasteiger partial charge in [-0.1, -0.05) is 12.1 Å². The zero-order valence-corrected chi connectivity index (χ0v) is 13.1. The van der Waals surface area contributed by atoms with E-state index < -0.39 is 10.0 Å². The number of ether oxygens (including phenoxy) is 1. The molecule has 21 heavy (non-hydrogen) atoms. The van der Waals surface area contributed by atoms with Crippen LogP contribution in [-0.2, 0) is 14.8 Å². The van der Waals surface area contributed by atoms with Crippen molar-refractivity contribution in [2.75, 3.05) is 38.6 Å². The molecule has 0 spiro atoms. The maximum absolute atomic E-state index is 11.9. The summed E-state index contributed by atoms with van der Waals surface area (Å²) in [4.78, 5) is 0.259. The van der Waals surface area contributed by atoms with Crippen LogP contribution in [0.25, 0.3) is 0 Å². The number of sulfonamides is 1. The first-order chi connectivity index (χ1) is 10.1. The number of rotatable bonds is 7. The van der Waals surface area contributed by atoms with Gasteiger partial charge in [-0.15, -0.1) is 0 Å². The molecule has 1 heterocycles. The summed E-state index contributed by atoms with van der Waals surface area (Å²) in [7, 11) is -2.04. The first kappa shape index (κ1) is 16.2. The highest BCUT2D eigenvalue weighted by molar-refractivity contribution is 7.89. The molecule has 1 saturated heterocycles. The van der Waals surface area contributed by atoms with Gasteiger partial charge in [-0.25, -0.2) is 13.1 Å². The molecule has 7 heteroatoms. The molecule has 1 aliphatic rings. The highest BCUT2D eigenvalue weighted by Crippen LogP contribution is 2.20. The third kappa shape index (κ3) is 4.67. The van der Waals surface area contributed by atoms with Crippen molar-refractivity contribution in [1.29, 1.82) is 0 Å². The summed E-state index contributed by atoms with van der Waals surface area (Å²) >= 11 is 0. The zero-order chi connectivity index (χ0) is 15.1. The van der Waals surface area contributed by atoms with E-state index in [1.54, 1.807) is 18.2 Å². The molecule has 0 unspecified atom stereocenters. The molecule has 0 saturated carbocycles. The Morgan fingerprint density at radius 2 is 2.00 bits per heavy atom. The Hall–Kier alpha value is -1.15. The van der Waals surface area contributed by atoms with Gasteiger partial charge in [0.2, 0.25) is 10.0 Å². The highest BCUT2D eigenvalue weighted by atomic mass is 32.2. The van der Waals surface area contributed by atoms with Gasteiger partial charge in [0.15, 0.2) is 0 Å². The Balaban J connectivity index is 1.86. The molecule has 0 aliphatic carbocycles. The van der Waals surface area contributed by atoms with Crippen LogP contribution in [0.2, 0.25) is 0 Å². The van der Waals surface area contributed by atoms with Crippen molar-refractivity contribution in [3.63, 3.8) is 0 Å². The molecule has 3 N–H and O–H groups in total. The van der Waals surface area contributed by atoms with Gasteiger partial charge in [-0.05, 0) is 45.1 Å². The summed E-state index contributed by atoms with van der Waals surface area (Å²) in [5.41, 5.74) is 0.598. The van der Waals surface area contributed by atoms with Crippen LogP contribution in [0.15, 0.2) is 29.2 Å². The van der Waals surface area contributed by atoms with E-state index in [0.29, 0.717) is 24.9 Å². The van der Waals surface area contributed by atoms with E-state index in [9.17, 15) is 8.42 Å². The van der Waals surface area contributed by atoms with Gasteiger partial charge >= 0.3 is 0 Å². The summed E-state index contributed by atoms with van der Waals surface area (Å²) in [5, 5.41) is 6.43. The van der Waals surface area contributed by atoms with E-state index in [1.807, 2.05) is 6.07 Å². The van der Waals surface area contributed by atoms with Crippen LogP contribution < -0.4 is 15.4 Å². The highest BCUT2D eigenvalue weighted by Gasteiger charge is 2.16. The van der Waals surface area contributed by atoms with Crippen LogP contribution in [0.5, 0.6) is 0 Å². The van der Waals surface area contributed by atoms with Crippen molar-refractivity contribution >= 4 is 15.7 Å². The van der Waals surface area contributed by atoms with Crippen molar-refractivity contribution in [3.8, 4) is 0 Å². The topological polar surface area (TPSA) is 79.5 Å². The summed E-state index contributed by atoms with van der Waals surface area (Å²) in [6, 6.07) is 6.86. The lowest BCUT2D eigenvalue weighted by molar-refractivity contribution is 0.0394. The van der Waals surface area contributed by atoms with Gasteiger partial charge in [0, 0.05) is 6.54 Å². The second kappa shape index (κ2) is 7.74. The Kier molecular flexibility index (Phi) is 5.98. The van der Waals surface area contributed by atoms with Gasteiger partial charge < -0.3 is 15.4 Å². The first-order valence-electron chi connectivity index (χ1n) is 7.22. The van der Waals surface area contributed by atoms with Crippen LogP contribution in [-0.4, -0.2) is 47.8 Å². The number of para-hydroxylation sites is 1. The number of anilines is 1. The Morgan fingerprint density at radius 3 is 2.71 bits per heavy atom. The van der Waals surface area contributed by atoms with Crippen LogP contribution in [0.3, 0.4) is 0 Å². The monoisotopic (exact) mass is 313 g/mol. The van der Waals surface area contributed by atoms with Gasteiger partial charge in [-0.3, -0.25) is 0 Å². The van der Waals surface area contributed by atoms with Crippen molar-refractivity contribution < 1.29 is 13.2 Å². The van der Waals surface area contributed by atoms with Crippen molar-refractivity contribution in [1.82, 2.24) is 10.0 Å². The number of nitrogens with one attached hydrogen (secondary N) is 3. The fourth-order valence-corrected chi connectivity index (χ4v) is 3.24. The lowest BCUT2D eigenvalue weighted by Gasteiger charge is -2.23. The minimum Gasteiger partial charge on any atom is -0.382 e. The lowest BCUT2D eigenvalue weighted by atomic mass is 10.1. The molecular weight excluding hydrogens is 290 g/mol. The molecule has 0 bridgehead atoms. The van der Waals surface area contributed by atoms with Crippen LogP contribution in [0, 0.1) is 0 Å². The van der Waals surface area contributed by atoms with Crippen molar-refractivity contribution in [2.45, 2.75) is 23.8 Å². The van der Waals surface area contributed by atoms with Gasteiger partial charge in [-0.2, -0.15) is 0 Å². The van der Waals surface area contributed by atoms with Crippen LogP contribution >= 0.6 is 0 Å². The molecule has 2 rings (SSSR count). The van der Waals surface area contributed by atoms with E-state index in [0.717, 1.165) is 25.9 Å². The van der Waals surface area contributed by atoms with Gasteiger partial charge in [0.25, 0.3) is 0 Å². The molecule has 0 atom stereocenters. The third-order valence-corrected chi connectivity index (χ3v) is 4.98. The average Bonchev–Trinajstić information content (AvgIpc) is 2.53. The minimum absolute atomic E-state index is 0.259. The van der Waals surface area contributed by atoms with Gasteiger partial charge in [0.05, 0.1) is 18.4 Å². The molecule has 1 aromatic rings. The zero-order valence-electron chi connectivity index (χ0n) is 12.3. The Morgan fingerprint density at radius 1 is 1.29 bits per heavy atom. The minimum atomic E-state index is -3.45. The molecule has 0 amide bonds. The van der Waals surface area contributed by atoms with Crippen LogP contribution in [0.4, 0.5) is 5.69 Å². The summed E-state index contributed by atoms with van der Waals surface area (Å²) in [6.45, 7) is 3.15. The smallest absolute Gasteiger partial charge is 0.242 e. The maximum Gasteiger partial charge on any atom is 0.242 e. The number of hydrogen-bond donors (Lipinski definition) is 3. The molecule has 0 aromatic heterocycles. The number of hydrogen-bond acceptors (Lipinski definition) is 5. The molecule has 118 valence electrons. The van der Waals surface area contributed by atoms with E-state index in [1.165, 1.54) is 7.05 Å². The number of benzene rings is 1. The fraction of sp³-hybridized carbons (Fsp3) is 0.571. The van der Waals surface area contributed by atoms with Crippen LogP contribution in [0.1, 0.15) is 12.8 Å². The summed E-state index contributed by atoms with van der Waals surface area (Å²) in [5.74, 6) is 0. The largest absolute Gasteiger partial charge is 0.382 e. The second-order valence-corrected chi connectivity index (χ2v) is 6.81. The SMILES string of the molecule is CNS(=O)(=O)c1ccccc1NCCOC1CCNCC1. The van der Waals surface area contributed by atoms with E-state index in [-0.39, 0.29) is 4.90 Å². The first-order valence-corrected chi connectivity index (χ1v) is 8.70. The van der Waals surface area contributed by atoms with Crippen molar-refractivity contribution in [3.05, 3.63) is 24.3 Å². The quantitative estimate of drug-likeness (QED) is 0.648. The Bertz CT molecular complexity index is 542. The Labute approximate surface area is 126 Å². The van der Waals surface area contributed by atoms with E-state index in [2.05, 4.69) is 15.4 Å². The molecule has 1 fully saturated rings. The normalized spacial score (nSPS) is 16.8. The number of piperidine rings is 1.